The van der Waals surface area contributed by atoms with Gasteiger partial charge in [0.05, 0.1) is 16.6 Å². The summed E-state index contributed by atoms with van der Waals surface area (Å²) in [5.41, 5.74) is 11.8. The predicted molar refractivity (Wildman–Crippen MR) is 118 cm³/mol. The molecule has 1 aliphatic carbocycles. The van der Waals surface area contributed by atoms with Crippen LogP contribution in [0.4, 0.5) is 5.69 Å². The number of nitrogens with one attached hydrogen (secondary N) is 2. The molecule has 3 aromatic rings. The minimum absolute atomic E-state index is 0.0621. The Balaban J connectivity index is 1.42. The molecule has 0 spiro atoms. The van der Waals surface area contributed by atoms with Crippen LogP contribution >= 0.6 is 11.8 Å². The molecule has 4 N–H and O–H groups in total. The van der Waals surface area contributed by atoms with Gasteiger partial charge in [-0.1, -0.05) is 24.3 Å². The van der Waals surface area contributed by atoms with Crippen LogP contribution in [0.25, 0.3) is 11.0 Å². The number of hydrogen-bond acceptors (Lipinski definition) is 5. The van der Waals surface area contributed by atoms with Gasteiger partial charge in [-0.05, 0) is 36.1 Å². The molecule has 1 aliphatic heterocycles. The number of rotatable bonds is 3. The first-order valence-electron chi connectivity index (χ1n) is 9.80. The Hall–Kier alpha value is -2.77. The Morgan fingerprint density at radius 1 is 1.34 bits per heavy atom. The minimum atomic E-state index is -0.143. The summed E-state index contributed by atoms with van der Waals surface area (Å²) < 4.78 is 0. The second-order valence-corrected chi connectivity index (χ2v) is 8.72. The zero-order valence-electron chi connectivity index (χ0n) is 16.2. The predicted octanol–water partition coefficient (Wildman–Crippen LogP) is 3.01. The van der Waals surface area contributed by atoms with E-state index in [1.807, 2.05) is 30.6 Å². The van der Waals surface area contributed by atoms with Gasteiger partial charge >= 0.3 is 0 Å². The maximum atomic E-state index is 13.1. The average molecular weight is 406 g/mol. The molecule has 148 valence electrons. The normalized spacial score (nSPS) is 21.2. The average Bonchev–Trinajstić information content (AvgIpc) is 3.28. The summed E-state index contributed by atoms with van der Waals surface area (Å²) >= 11 is 1.59. The first kappa shape index (κ1) is 18.3. The van der Waals surface area contributed by atoms with Gasteiger partial charge in [-0.3, -0.25) is 4.79 Å². The van der Waals surface area contributed by atoms with Crippen LogP contribution in [0.5, 0.6) is 0 Å². The molecule has 0 fully saturated rings. The summed E-state index contributed by atoms with van der Waals surface area (Å²) in [6.45, 7) is 2.91. The van der Waals surface area contributed by atoms with Crippen molar-refractivity contribution in [1.29, 1.82) is 0 Å². The van der Waals surface area contributed by atoms with Crippen LogP contribution in [0.3, 0.4) is 0 Å². The van der Waals surface area contributed by atoms with Crippen molar-refractivity contribution in [1.82, 2.24) is 15.3 Å². The van der Waals surface area contributed by atoms with Gasteiger partial charge in [-0.15, -0.1) is 11.8 Å². The lowest BCUT2D eigenvalue weighted by atomic mass is 10.1. The van der Waals surface area contributed by atoms with Crippen LogP contribution in [-0.4, -0.2) is 34.2 Å². The van der Waals surface area contributed by atoms with Crippen LogP contribution in [0.2, 0.25) is 0 Å². The Morgan fingerprint density at radius 2 is 2.21 bits per heavy atom. The number of aryl methyl sites for hydroxylation is 1. The number of amides is 1. The number of nitrogens with zero attached hydrogens (tertiary/aromatic N) is 2. The number of fused-ring (bicyclic) bond motifs is 2. The number of H-pyrrole nitrogens is 1. The first-order chi connectivity index (χ1) is 14.1. The number of benzene rings is 1. The number of aromatic nitrogens is 2. The third-order valence-corrected chi connectivity index (χ3v) is 6.69. The highest BCUT2D eigenvalue weighted by Gasteiger charge is 2.32. The van der Waals surface area contributed by atoms with Gasteiger partial charge in [-0.25, -0.2) is 4.98 Å². The molecule has 29 heavy (non-hydrogen) atoms. The van der Waals surface area contributed by atoms with E-state index in [0.29, 0.717) is 4.91 Å². The van der Waals surface area contributed by atoms with Crippen molar-refractivity contribution in [3.63, 3.8) is 0 Å². The fourth-order valence-corrected chi connectivity index (χ4v) is 5.17. The number of thioether (sulfide) groups is 1. The van der Waals surface area contributed by atoms with Crippen molar-refractivity contribution in [2.45, 2.75) is 25.4 Å². The Bertz CT molecular complexity index is 1120. The second kappa shape index (κ2) is 7.24. The lowest BCUT2D eigenvalue weighted by Gasteiger charge is -2.28. The number of nitrogens with two attached hydrogens (primary N) is 1. The van der Waals surface area contributed by atoms with Crippen LogP contribution in [-0.2, 0) is 11.2 Å². The van der Waals surface area contributed by atoms with E-state index in [-0.39, 0.29) is 18.0 Å². The smallest absolute Gasteiger partial charge is 0.259 e. The highest BCUT2D eigenvalue weighted by Crippen LogP contribution is 2.34. The molecular weight excluding hydrogens is 382 g/mol. The van der Waals surface area contributed by atoms with E-state index in [2.05, 4.69) is 39.2 Å². The zero-order chi connectivity index (χ0) is 20.0. The summed E-state index contributed by atoms with van der Waals surface area (Å²) in [7, 11) is 0. The third kappa shape index (κ3) is 3.20. The quantitative estimate of drug-likeness (QED) is 0.624. The molecule has 7 heteroatoms. The number of pyridine rings is 1. The van der Waals surface area contributed by atoms with Crippen molar-refractivity contribution >= 4 is 34.4 Å². The summed E-state index contributed by atoms with van der Waals surface area (Å²) in [5.74, 6) is 0.785. The van der Waals surface area contributed by atoms with Gasteiger partial charge in [0.1, 0.15) is 5.65 Å². The highest BCUT2D eigenvalue weighted by molar-refractivity contribution is 8.04. The maximum Gasteiger partial charge on any atom is 0.259 e. The summed E-state index contributed by atoms with van der Waals surface area (Å²) in [4.78, 5) is 23.5. The van der Waals surface area contributed by atoms with Crippen molar-refractivity contribution in [3.05, 3.63) is 70.5 Å². The molecular formula is C22H23N5OS. The molecule has 2 atom stereocenters. The number of aromatic amines is 1. The van der Waals surface area contributed by atoms with Crippen molar-refractivity contribution < 1.29 is 4.79 Å². The molecule has 2 aliphatic rings. The maximum absolute atomic E-state index is 13.1. The van der Waals surface area contributed by atoms with Crippen LogP contribution in [0, 0.1) is 6.92 Å². The van der Waals surface area contributed by atoms with Gasteiger partial charge in [0.25, 0.3) is 5.91 Å². The lowest BCUT2D eigenvalue weighted by Crippen LogP contribution is -2.39. The number of anilines is 1. The number of carbonyl (C=O) groups excluding carboxylic acids is 1. The van der Waals surface area contributed by atoms with E-state index in [0.717, 1.165) is 46.6 Å². The third-order valence-electron chi connectivity index (χ3n) is 5.71. The summed E-state index contributed by atoms with van der Waals surface area (Å²) in [6, 6.07) is 9.94. The van der Waals surface area contributed by atoms with Crippen molar-refractivity contribution in [2.75, 3.05) is 17.2 Å². The monoisotopic (exact) mass is 405 g/mol. The van der Waals surface area contributed by atoms with E-state index in [4.69, 9.17) is 5.73 Å². The van der Waals surface area contributed by atoms with Gasteiger partial charge in [0.15, 0.2) is 0 Å². The molecule has 0 radical (unpaired) electrons. The SMILES string of the molecule is Cc1c[nH]c2nccc(N3C=C(C(=O)N[C@H]4c5ccccc5C[C@H]4N)SCC3)c12. The van der Waals surface area contributed by atoms with E-state index in [9.17, 15) is 4.79 Å². The van der Waals surface area contributed by atoms with Gasteiger partial charge in [-0.2, -0.15) is 0 Å². The fourth-order valence-electron chi connectivity index (χ4n) is 4.27. The molecule has 0 saturated carbocycles. The molecule has 2 aromatic heterocycles. The van der Waals surface area contributed by atoms with Crippen LogP contribution in [0.15, 0.2) is 53.8 Å². The molecule has 1 aromatic carbocycles. The standard InChI is InChI=1S/C22H23N5OS/c1-13-11-25-21-19(13)17(6-7-24-21)27-8-9-29-18(12-27)22(28)26-20-15-5-3-2-4-14(15)10-16(20)23/h2-7,11-12,16,20H,8-10,23H2,1H3,(H,24,25)(H,26,28)/t16-,20+/m1/s1. The molecule has 0 bridgehead atoms. The Morgan fingerprint density at radius 3 is 3.10 bits per heavy atom. The van der Waals surface area contributed by atoms with Gasteiger partial charge in [0.2, 0.25) is 0 Å². The highest BCUT2D eigenvalue weighted by atomic mass is 32.2. The summed E-state index contributed by atoms with van der Waals surface area (Å²) in [5, 5.41) is 4.27. The summed E-state index contributed by atoms with van der Waals surface area (Å²) in [6.07, 6.45) is 6.52. The number of carbonyl (C=O) groups is 1. The fraction of sp³-hybridized carbons (Fsp3) is 0.273. The van der Waals surface area contributed by atoms with Crippen molar-refractivity contribution in [3.8, 4) is 0 Å². The first-order valence-corrected chi connectivity index (χ1v) is 10.8. The Labute approximate surface area is 173 Å². The van der Waals surface area contributed by atoms with Crippen LogP contribution < -0.4 is 16.0 Å². The van der Waals surface area contributed by atoms with Crippen LogP contribution in [0.1, 0.15) is 22.7 Å². The van der Waals surface area contributed by atoms with E-state index < -0.39 is 0 Å². The molecule has 6 nitrogen and oxygen atoms in total. The van der Waals surface area contributed by atoms with Gasteiger partial charge < -0.3 is 20.9 Å². The number of hydrogen-bond donors (Lipinski definition) is 3. The lowest BCUT2D eigenvalue weighted by molar-refractivity contribution is -0.117. The molecule has 3 heterocycles. The van der Waals surface area contributed by atoms with Crippen molar-refractivity contribution in [2.24, 2.45) is 5.73 Å². The minimum Gasteiger partial charge on any atom is -0.346 e. The molecule has 0 unspecified atom stereocenters. The van der Waals surface area contributed by atoms with E-state index in [1.165, 1.54) is 5.56 Å². The largest absolute Gasteiger partial charge is 0.346 e. The topological polar surface area (TPSA) is 87.0 Å². The van der Waals surface area contributed by atoms with E-state index in [1.54, 1.807) is 18.0 Å². The van der Waals surface area contributed by atoms with E-state index >= 15 is 0 Å². The molecule has 5 rings (SSSR count). The molecule has 0 saturated heterocycles. The molecule has 1 amide bonds. The van der Waals surface area contributed by atoms with Gasteiger partial charge in [0, 0.05) is 42.3 Å². The Kier molecular flexibility index (Phi) is 4.56. The zero-order valence-corrected chi connectivity index (χ0v) is 17.0. The second-order valence-electron chi connectivity index (χ2n) is 7.58.